The van der Waals surface area contributed by atoms with Crippen molar-refractivity contribution in [1.29, 1.82) is 0 Å². The molecule has 0 amide bonds. The van der Waals surface area contributed by atoms with Crippen LogP contribution in [-0.4, -0.2) is 7.05 Å². The Morgan fingerprint density at radius 1 is 0.893 bits per heavy atom. The number of nitrogens with zero attached hydrogens (tertiary/aromatic N) is 2. The van der Waals surface area contributed by atoms with Crippen LogP contribution in [0.4, 0.5) is 5.69 Å². The molecule has 4 rings (SSSR count). The van der Waals surface area contributed by atoms with Gasteiger partial charge in [-0.2, -0.15) is 4.57 Å². The van der Waals surface area contributed by atoms with Crippen LogP contribution in [0.25, 0.3) is 22.8 Å². The molecule has 0 N–H and O–H groups in total. The summed E-state index contributed by atoms with van der Waals surface area (Å²) in [4.78, 5) is 2.17. The number of para-hydroxylation sites is 1. The van der Waals surface area contributed by atoms with Crippen molar-refractivity contribution in [1.82, 2.24) is 0 Å². The zero-order valence-corrected chi connectivity index (χ0v) is 17.4. The quantitative estimate of drug-likeness (QED) is 0.512. The number of aromatic nitrogens is 1. The summed E-state index contributed by atoms with van der Waals surface area (Å²) in [6, 6.07) is 17.7. The van der Waals surface area contributed by atoms with E-state index in [-0.39, 0.29) is 0 Å². The minimum absolute atomic E-state index is 1.11. The monoisotopic (exact) mass is 369 g/mol. The molecule has 0 unspecified atom stereocenters. The van der Waals surface area contributed by atoms with Gasteiger partial charge in [-0.25, -0.2) is 0 Å². The van der Waals surface area contributed by atoms with E-state index in [4.69, 9.17) is 0 Å². The third-order valence-corrected chi connectivity index (χ3v) is 5.89. The van der Waals surface area contributed by atoms with Gasteiger partial charge < -0.3 is 4.90 Å². The van der Waals surface area contributed by atoms with Gasteiger partial charge in [-0.1, -0.05) is 43.7 Å². The first-order chi connectivity index (χ1) is 13.6. The highest BCUT2D eigenvalue weighted by Gasteiger charge is 2.24. The molecule has 3 aliphatic rings. The number of allylic oxidation sites excluding steroid dienone is 2. The van der Waals surface area contributed by atoms with Crippen molar-refractivity contribution in [3.05, 3.63) is 83.3 Å². The van der Waals surface area contributed by atoms with E-state index < -0.39 is 0 Å². The van der Waals surface area contributed by atoms with E-state index >= 15 is 0 Å². The van der Waals surface area contributed by atoms with E-state index in [9.17, 15) is 0 Å². The van der Waals surface area contributed by atoms with Crippen molar-refractivity contribution >= 4 is 17.3 Å². The fourth-order valence-electron chi connectivity index (χ4n) is 4.21. The van der Waals surface area contributed by atoms with Gasteiger partial charge in [0.05, 0.1) is 11.1 Å². The second-order valence-corrected chi connectivity index (χ2v) is 7.71. The molecule has 0 aromatic heterocycles. The van der Waals surface area contributed by atoms with Crippen molar-refractivity contribution in [2.45, 2.75) is 40.2 Å². The maximum Gasteiger partial charge on any atom is 0.186 e. The zero-order valence-electron chi connectivity index (χ0n) is 17.4. The lowest BCUT2D eigenvalue weighted by Crippen LogP contribution is -2.37. The van der Waals surface area contributed by atoms with Crippen LogP contribution in [0.2, 0.25) is 0 Å². The summed E-state index contributed by atoms with van der Waals surface area (Å²) in [5.41, 5.74) is 10.5. The standard InChI is InChI=1S/C26H29N2/c1-5-6-16-28-19(2)23-13-11-21(12-14-24(23)20(28)3)18-22-15-17-27(4)26-10-8-7-9-25(22)26/h7-15,17-18H,5-6,16H2,1-4H3/q+1. The summed E-state index contributed by atoms with van der Waals surface area (Å²) < 4.78 is 2.47. The van der Waals surface area contributed by atoms with Crippen LogP contribution in [0, 0.1) is 13.8 Å². The van der Waals surface area contributed by atoms with Crippen LogP contribution in [0.3, 0.4) is 0 Å². The fraction of sp³-hybridized carbons (Fsp3) is 0.269. The molecule has 0 bridgehead atoms. The van der Waals surface area contributed by atoms with Gasteiger partial charge >= 0.3 is 0 Å². The van der Waals surface area contributed by atoms with Gasteiger partial charge in [0, 0.05) is 44.8 Å². The number of unbranched alkanes of at least 4 members (excludes halogenated alkanes) is 1. The van der Waals surface area contributed by atoms with Gasteiger partial charge in [0.1, 0.15) is 6.54 Å². The topological polar surface area (TPSA) is 7.12 Å². The average Bonchev–Trinajstić information content (AvgIpc) is 2.85. The normalized spacial score (nSPS) is 14.7. The summed E-state index contributed by atoms with van der Waals surface area (Å²) in [7, 11) is 2.10. The Bertz CT molecular complexity index is 1000. The van der Waals surface area contributed by atoms with Crippen LogP contribution in [0.15, 0.2) is 60.8 Å². The van der Waals surface area contributed by atoms with Crippen LogP contribution < -0.4 is 9.47 Å². The molecule has 0 atom stereocenters. The molecule has 0 spiro atoms. The fourth-order valence-corrected chi connectivity index (χ4v) is 4.21. The molecule has 0 saturated carbocycles. The van der Waals surface area contributed by atoms with Gasteiger partial charge in [0.2, 0.25) is 0 Å². The molecular weight excluding hydrogens is 340 g/mol. The number of hydrogen-bond acceptors (Lipinski definition) is 1. The van der Waals surface area contributed by atoms with E-state index in [0.29, 0.717) is 0 Å². The highest BCUT2D eigenvalue weighted by Crippen LogP contribution is 2.33. The molecule has 2 heteroatoms. The third kappa shape index (κ3) is 3.24. The Morgan fingerprint density at radius 3 is 2.25 bits per heavy atom. The Kier molecular flexibility index (Phi) is 5.04. The van der Waals surface area contributed by atoms with Crippen molar-refractivity contribution in [3.8, 4) is 11.1 Å². The number of benzene rings is 1. The summed E-state index contributed by atoms with van der Waals surface area (Å²) in [6.07, 6.45) is 9.08. The van der Waals surface area contributed by atoms with Gasteiger partial charge in [-0.15, -0.1) is 0 Å². The maximum atomic E-state index is 2.47. The second kappa shape index (κ2) is 7.63. The van der Waals surface area contributed by atoms with Crippen LogP contribution in [0.5, 0.6) is 0 Å². The Labute approximate surface area is 168 Å². The summed E-state index contributed by atoms with van der Waals surface area (Å²) in [6.45, 7) is 7.86. The van der Waals surface area contributed by atoms with Crippen LogP contribution in [0.1, 0.15) is 42.3 Å². The minimum Gasteiger partial charge on any atom is -0.351 e. The van der Waals surface area contributed by atoms with Gasteiger partial charge in [-0.05, 0) is 41.5 Å². The predicted molar refractivity (Wildman–Crippen MR) is 119 cm³/mol. The van der Waals surface area contributed by atoms with Gasteiger partial charge in [0.25, 0.3) is 0 Å². The Balaban J connectivity index is 1.76. The van der Waals surface area contributed by atoms with E-state index in [0.717, 1.165) is 6.54 Å². The third-order valence-electron chi connectivity index (χ3n) is 5.89. The SMILES string of the molecule is CCCC[n+]1c(C)c2ccc(/C=C3\C=CN(C)c4ccccc43)ccc-2c1C. The van der Waals surface area contributed by atoms with E-state index in [1.54, 1.807) is 0 Å². The lowest BCUT2D eigenvalue weighted by Gasteiger charge is -2.23. The highest BCUT2D eigenvalue weighted by molar-refractivity contribution is 5.94. The van der Waals surface area contributed by atoms with Crippen molar-refractivity contribution in [2.24, 2.45) is 0 Å². The van der Waals surface area contributed by atoms with Gasteiger partial charge in [-0.3, -0.25) is 0 Å². The smallest absolute Gasteiger partial charge is 0.186 e. The lowest BCUT2D eigenvalue weighted by atomic mass is 9.98. The van der Waals surface area contributed by atoms with Crippen LogP contribution in [-0.2, 0) is 6.54 Å². The molecule has 2 aliphatic heterocycles. The Morgan fingerprint density at radius 2 is 1.57 bits per heavy atom. The van der Waals surface area contributed by atoms with E-state index in [1.165, 1.54) is 57.7 Å². The molecule has 0 saturated heterocycles. The summed E-state index contributed by atoms with van der Waals surface area (Å²) in [5, 5.41) is 0. The average molecular weight is 370 g/mol. The molecule has 28 heavy (non-hydrogen) atoms. The predicted octanol–water partition coefficient (Wildman–Crippen LogP) is 6.00. The first kappa shape index (κ1) is 18.5. The maximum absolute atomic E-state index is 2.47. The lowest BCUT2D eigenvalue weighted by molar-refractivity contribution is -0.704. The number of hydrogen-bond donors (Lipinski definition) is 0. The van der Waals surface area contributed by atoms with Crippen molar-refractivity contribution in [3.63, 3.8) is 0 Å². The molecule has 1 aliphatic carbocycles. The molecule has 1 aromatic carbocycles. The summed E-state index contributed by atoms with van der Waals surface area (Å²) in [5.74, 6) is 0. The first-order valence-corrected chi connectivity index (χ1v) is 10.2. The summed E-state index contributed by atoms with van der Waals surface area (Å²) >= 11 is 0. The van der Waals surface area contributed by atoms with E-state index in [1.807, 2.05) is 0 Å². The number of fused-ring (bicyclic) bond motifs is 2. The molecule has 0 fully saturated rings. The number of rotatable bonds is 4. The number of anilines is 1. The first-order valence-electron chi connectivity index (χ1n) is 10.2. The van der Waals surface area contributed by atoms with Gasteiger partial charge in [0.15, 0.2) is 11.4 Å². The zero-order chi connectivity index (χ0) is 19.7. The molecular formula is C26H29N2+. The molecule has 142 valence electrons. The molecule has 2 nitrogen and oxygen atoms in total. The minimum atomic E-state index is 1.11. The van der Waals surface area contributed by atoms with Crippen molar-refractivity contribution in [2.75, 3.05) is 11.9 Å². The Hall–Kier alpha value is -2.87. The molecule has 2 heterocycles. The highest BCUT2D eigenvalue weighted by atomic mass is 15.1. The molecule has 1 aromatic rings. The van der Waals surface area contributed by atoms with Crippen molar-refractivity contribution < 1.29 is 4.57 Å². The second-order valence-electron chi connectivity index (χ2n) is 7.71. The molecule has 0 radical (unpaired) electrons. The van der Waals surface area contributed by atoms with E-state index in [2.05, 4.69) is 104 Å². The van der Waals surface area contributed by atoms with Crippen LogP contribution >= 0.6 is 0 Å². The largest absolute Gasteiger partial charge is 0.351 e.